The summed E-state index contributed by atoms with van der Waals surface area (Å²) in [7, 11) is 0. The van der Waals surface area contributed by atoms with Crippen LogP contribution in [0.2, 0.25) is 0 Å². The molecular weight excluding hydrogens is 114 g/mol. The fourth-order valence-electron chi connectivity index (χ4n) is 0.522. The van der Waals surface area contributed by atoms with E-state index in [-0.39, 0.29) is 5.56 Å². The van der Waals surface area contributed by atoms with Gasteiger partial charge in [-0.05, 0) is 18.0 Å². The van der Waals surface area contributed by atoms with Crippen molar-refractivity contribution in [3.63, 3.8) is 0 Å². The molecule has 2 heteroatoms. The van der Waals surface area contributed by atoms with Gasteiger partial charge >= 0.3 is 0 Å². The lowest BCUT2D eigenvalue weighted by Gasteiger charge is -1.89. The Morgan fingerprint density at radius 1 is 2.00 bits per heavy atom. The lowest BCUT2D eigenvalue weighted by molar-refractivity contribution is 1.10. The van der Waals surface area contributed by atoms with E-state index in [1.807, 2.05) is 0 Å². The molecule has 9 heavy (non-hydrogen) atoms. The molecule has 0 atom stereocenters. The van der Waals surface area contributed by atoms with Crippen LogP contribution in [0.1, 0.15) is 19.3 Å². The lowest BCUT2D eigenvalue weighted by atomic mass is 10.2. The molecule has 0 aromatic carbocycles. The molecule has 0 unspecified atom stereocenters. The average molecular weight is 128 g/mol. The first kappa shape index (κ1) is 2.29. The molecule has 0 saturated carbocycles. The van der Waals surface area contributed by atoms with Crippen LogP contribution >= 0.6 is 0 Å². The molecular formula is C7H9NO. The quantitative estimate of drug-likeness (QED) is 0.599. The van der Waals surface area contributed by atoms with E-state index in [4.69, 9.17) is 6.85 Å². The standard InChI is InChI=1S/C7H9NO/c1-2-6-3-4-8-7(9)5-6/h3-5H,2H2,1H3,(H,8,9)/i1D3,2D2. The smallest absolute Gasteiger partial charge is 0.248 e. The molecule has 0 saturated heterocycles. The lowest BCUT2D eigenvalue weighted by Crippen LogP contribution is -2.02. The van der Waals surface area contributed by atoms with Crippen LogP contribution in [-0.4, -0.2) is 4.98 Å². The highest BCUT2D eigenvalue weighted by molar-refractivity contribution is 5.08. The van der Waals surface area contributed by atoms with Crippen LogP contribution in [-0.2, 0) is 6.37 Å². The number of aromatic nitrogens is 1. The summed E-state index contributed by atoms with van der Waals surface area (Å²) in [6, 6.07) is 2.19. The van der Waals surface area contributed by atoms with Crippen LogP contribution in [0.15, 0.2) is 23.1 Å². The topological polar surface area (TPSA) is 32.9 Å². The van der Waals surface area contributed by atoms with Gasteiger partial charge in [0.05, 0.1) is 0 Å². The predicted molar refractivity (Wildman–Crippen MR) is 36.4 cm³/mol. The van der Waals surface area contributed by atoms with Crippen LogP contribution in [0.25, 0.3) is 0 Å². The van der Waals surface area contributed by atoms with Gasteiger partial charge in [-0.3, -0.25) is 4.79 Å². The maximum Gasteiger partial charge on any atom is 0.248 e. The number of aromatic amines is 1. The second-order valence-electron chi connectivity index (χ2n) is 1.57. The van der Waals surface area contributed by atoms with Crippen LogP contribution in [0.5, 0.6) is 0 Å². The fraction of sp³-hybridized carbons (Fsp3) is 0.286. The van der Waals surface area contributed by atoms with E-state index in [0.29, 0.717) is 0 Å². The van der Waals surface area contributed by atoms with Gasteiger partial charge in [0.25, 0.3) is 0 Å². The Bertz CT molecular complexity index is 380. The number of pyridine rings is 1. The van der Waals surface area contributed by atoms with Crippen molar-refractivity contribution in [2.75, 3.05) is 0 Å². The third-order valence-corrected chi connectivity index (χ3v) is 0.919. The largest absolute Gasteiger partial charge is 0.329 e. The van der Waals surface area contributed by atoms with Gasteiger partial charge in [-0.2, -0.15) is 0 Å². The molecule has 1 N–H and O–H groups in total. The molecule has 1 heterocycles. The summed E-state index contributed by atoms with van der Waals surface area (Å²) in [6.45, 7) is -2.78. The van der Waals surface area contributed by atoms with E-state index in [2.05, 4.69) is 4.98 Å². The van der Waals surface area contributed by atoms with E-state index in [1.54, 1.807) is 0 Å². The van der Waals surface area contributed by atoms with Gasteiger partial charge in [-0.15, -0.1) is 0 Å². The third-order valence-electron chi connectivity index (χ3n) is 0.919. The molecule has 1 aromatic heterocycles. The maximum atomic E-state index is 10.9. The monoisotopic (exact) mass is 128 g/mol. The molecule has 0 aliphatic heterocycles. The highest BCUT2D eigenvalue weighted by Crippen LogP contribution is 1.91. The van der Waals surface area contributed by atoms with E-state index >= 15 is 0 Å². The summed E-state index contributed by atoms with van der Waals surface area (Å²) in [5.41, 5.74) is -0.656. The van der Waals surface area contributed by atoms with Crippen LogP contribution < -0.4 is 5.56 Å². The first-order valence-electron chi connectivity index (χ1n) is 4.94. The first-order valence-corrected chi connectivity index (χ1v) is 2.44. The minimum Gasteiger partial charge on any atom is -0.329 e. The Morgan fingerprint density at radius 2 is 2.89 bits per heavy atom. The molecule has 0 aliphatic carbocycles. The van der Waals surface area contributed by atoms with Gasteiger partial charge in [0, 0.05) is 19.1 Å². The van der Waals surface area contributed by atoms with E-state index in [9.17, 15) is 4.79 Å². The van der Waals surface area contributed by atoms with E-state index < -0.39 is 18.8 Å². The van der Waals surface area contributed by atoms with E-state index in [1.165, 1.54) is 12.3 Å². The van der Waals surface area contributed by atoms with Gasteiger partial charge in [-0.1, -0.05) is 6.85 Å². The zero-order valence-corrected chi connectivity index (χ0v) is 4.64. The summed E-state index contributed by atoms with van der Waals surface area (Å²) in [5.74, 6) is 0. The third kappa shape index (κ3) is 1.42. The van der Waals surface area contributed by atoms with Crippen molar-refractivity contribution in [2.24, 2.45) is 0 Å². The summed E-state index contributed by atoms with van der Waals surface area (Å²) in [6.07, 6.45) is -1.28. The average Bonchev–Trinajstić information content (AvgIpc) is 2.02. The highest BCUT2D eigenvalue weighted by atomic mass is 16.1. The molecule has 0 amide bonds. The Kier molecular flexibility index (Phi) is 0.632. The molecule has 2 nitrogen and oxygen atoms in total. The van der Waals surface area contributed by atoms with Crippen molar-refractivity contribution in [1.29, 1.82) is 0 Å². The fourth-order valence-corrected chi connectivity index (χ4v) is 0.522. The minimum atomic E-state index is -2.78. The van der Waals surface area contributed by atoms with Crippen LogP contribution in [0.3, 0.4) is 0 Å². The van der Waals surface area contributed by atoms with Crippen molar-refractivity contribution in [2.45, 2.75) is 13.2 Å². The van der Waals surface area contributed by atoms with Crippen LogP contribution in [0.4, 0.5) is 0 Å². The summed E-state index contributed by atoms with van der Waals surface area (Å²) >= 11 is 0. The Morgan fingerprint density at radius 3 is 3.56 bits per heavy atom. The van der Waals surface area contributed by atoms with Crippen molar-refractivity contribution >= 4 is 0 Å². The predicted octanol–water partition coefficient (Wildman–Crippen LogP) is 0.937. The zero-order chi connectivity index (χ0) is 11.0. The second kappa shape index (κ2) is 2.49. The van der Waals surface area contributed by atoms with Crippen molar-refractivity contribution in [3.05, 3.63) is 34.2 Å². The van der Waals surface area contributed by atoms with Crippen molar-refractivity contribution in [3.8, 4) is 0 Å². The van der Waals surface area contributed by atoms with Gasteiger partial charge in [0.15, 0.2) is 0 Å². The number of H-pyrrole nitrogens is 1. The molecule has 0 fully saturated rings. The highest BCUT2D eigenvalue weighted by Gasteiger charge is 1.85. The van der Waals surface area contributed by atoms with Crippen molar-refractivity contribution in [1.82, 2.24) is 4.98 Å². The van der Waals surface area contributed by atoms with Gasteiger partial charge < -0.3 is 4.98 Å². The van der Waals surface area contributed by atoms with Gasteiger partial charge in [0.1, 0.15) is 0 Å². The van der Waals surface area contributed by atoms with Crippen LogP contribution in [0, 0.1) is 0 Å². The van der Waals surface area contributed by atoms with Gasteiger partial charge in [-0.25, -0.2) is 0 Å². The summed E-state index contributed by atoms with van der Waals surface area (Å²) in [4.78, 5) is 13.1. The molecule has 0 bridgehead atoms. The molecule has 1 aromatic rings. The molecule has 0 radical (unpaired) electrons. The number of hydrogen-bond donors (Lipinski definition) is 1. The molecule has 1 rings (SSSR count). The molecule has 0 spiro atoms. The second-order valence-corrected chi connectivity index (χ2v) is 1.57. The number of rotatable bonds is 1. The summed E-state index contributed by atoms with van der Waals surface area (Å²) in [5, 5.41) is 0. The Balaban J connectivity index is 3.23. The van der Waals surface area contributed by atoms with E-state index in [0.717, 1.165) is 6.07 Å². The summed E-state index contributed by atoms with van der Waals surface area (Å²) < 4.78 is 35.7. The van der Waals surface area contributed by atoms with Crippen molar-refractivity contribution < 1.29 is 6.85 Å². The Hall–Kier alpha value is -1.05. The minimum absolute atomic E-state index is 0.138. The molecule has 48 valence electrons. The maximum absolute atomic E-state index is 10.9. The normalized spacial score (nSPS) is 20.7. The number of nitrogens with one attached hydrogen (secondary N) is 1. The zero-order valence-electron chi connectivity index (χ0n) is 9.64. The number of hydrogen-bond acceptors (Lipinski definition) is 1. The molecule has 0 aliphatic rings. The Labute approximate surface area is 60.6 Å². The number of aryl methyl sites for hydroxylation is 1. The van der Waals surface area contributed by atoms with Gasteiger partial charge in [0.2, 0.25) is 5.56 Å². The SMILES string of the molecule is [2H]C([2H])([2H])C([2H])([2H])c1cc[nH]c(=O)c1. The first-order chi connectivity index (χ1) is 6.25.